The van der Waals surface area contributed by atoms with Crippen LogP contribution in [0.4, 0.5) is 4.39 Å². The predicted molar refractivity (Wildman–Crippen MR) is 67.6 cm³/mol. The van der Waals surface area contributed by atoms with Crippen molar-refractivity contribution in [1.29, 1.82) is 0 Å². The molecule has 2 nitrogen and oxygen atoms in total. The first-order valence-electron chi connectivity index (χ1n) is 5.25. The summed E-state index contributed by atoms with van der Waals surface area (Å²) in [5.74, 6) is 1.01. The lowest BCUT2D eigenvalue weighted by atomic mass is 10.0. The molecular weight excluding hydrogens is 225 g/mol. The quantitative estimate of drug-likeness (QED) is 0.833. The van der Waals surface area contributed by atoms with Gasteiger partial charge >= 0.3 is 0 Å². The molecule has 16 heavy (non-hydrogen) atoms. The van der Waals surface area contributed by atoms with E-state index in [1.807, 2.05) is 6.26 Å². The molecule has 0 radical (unpaired) electrons. The van der Waals surface area contributed by atoms with Gasteiger partial charge in [0.25, 0.3) is 0 Å². The van der Waals surface area contributed by atoms with Crippen LogP contribution < -0.4 is 10.5 Å². The summed E-state index contributed by atoms with van der Waals surface area (Å²) < 4.78 is 18.7. The molecule has 0 aromatic heterocycles. The highest BCUT2D eigenvalue weighted by Crippen LogP contribution is 2.21. The van der Waals surface area contributed by atoms with E-state index in [4.69, 9.17) is 10.5 Å². The first kappa shape index (κ1) is 13.3. The van der Waals surface area contributed by atoms with Crippen molar-refractivity contribution in [2.45, 2.75) is 18.9 Å². The van der Waals surface area contributed by atoms with E-state index in [2.05, 4.69) is 0 Å². The van der Waals surface area contributed by atoms with Crippen molar-refractivity contribution in [3.63, 3.8) is 0 Å². The zero-order valence-corrected chi connectivity index (χ0v) is 10.5. The van der Waals surface area contributed by atoms with Gasteiger partial charge in [0, 0.05) is 6.04 Å². The molecule has 0 fully saturated rings. The molecule has 2 N–H and O–H groups in total. The summed E-state index contributed by atoms with van der Waals surface area (Å²) in [6.45, 7) is 0. The second kappa shape index (κ2) is 6.76. The molecule has 0 aliphatic heterocycles. The fraction of sp³-hybridized carbons (Fsp3) is 0.500. The van der Waals surface area contributed by atoms with Crippen molar-refractivity contribution < 1.29 is 9.13 Å². The van der Waals surface area contributed by atoms with E-state index >= 15 is 0 Å². The maximum Gasteiger partial charge on any atom is 0.168 e. The fourth-order valence-corrected chi connectivity index (χ4v) is 2.06. The molecule has 1 unspecified atom stereocenters. The fourth-order valence-electron chi connectivity index (χ4n) is 1.53. The third kappa shape index (κ3) is 3.68. The van der Waals surface area contributed by atoms with Crippen LogP contribution in [-0.2, 0) is 6.42 Å². The molecule has 0 saturated carbocycles. The van der Waals surface area contributed by atoms with Crippen LogP contribution in [0, 0.1) is 5.82 Å². The van der Waals surface area contributed by atoms with Crippen LogP contribution in [0.3, 0.4) is 0 Å². The largest absolute Gasteiger partial charge is 0.494 e. The minimum atomic E-state index is -0.287. The summed E-state index contributed by atoms with van der Waals surface area (Å²) in [5, 5.41) is 0. The van der Waals surface area contributed by atoms with Gasteiger partial charge in [-0.25, -0.2) is 4.39 Å². The van der Waals surface area contributed by atoms with Gasteiger partial charge in [0.15, 0.2) is 11.6 Å². The molecule has 0 bridgehead atoms. The van der Waals surface area contributed by atoms with Crippen LogP contribution >= 0.6 is 11.8 Å². The number of ether oxygens (including phenoxy) is 1. The number of rotatable bonds is 6. The van der Waals surface area contributed by atoms with E-state index in [0.29, 0.717) is 12.0 Å². The summed E-state index contributed by atoms with van der Waals surface area (Å²) >= 11 is 1.75. The first-order chi connectivity index (χ1) is 7.69. The molecule has 1 atom stereocenters. The van der Waals surface area contributed by atoms with Crippen LogP contribution in [0.25, 0.3) is 0 Å². The highest BCUT2D eigenvalue weighted by molar-refractivity contribution is 7.98. The third-order valence-corrected chi connectivity index (χ3v) is 3.08. The molecule has 0 saturated heterocycles. The van der Waals surface area contributed by atoms with Gasteiger partial charge in [-0.3, -0.25) is 0 Å². The molecule has 1 aromatic carbocycles. The second-order valence-corrected chi connectivity index (χ2v) is 4.66. The van der Waals surface area contributed by atoms with Crippen molar-refractivity contribution in [1.82, 2.24) is 0 Å². The lowest BCUT2D eigenvalue weighted by Crippen LogP contribution is -2.24. The minimum absolute atomic E-state index is 0.00839. The number of hydrogen-bond acceptors (Lipinski definition) is 3. The summed E-state index contributed by atoms with van der Waals surface area (Å²) in [4.78, 5) is 0. The normalized spacial score (nSPS) is 12.5. The Kier molecular flexibility index (Phi) is 5.63. The monoisotopic (exact) mass is 243 g/mol. The summed E-state index contributed by atoms with van der Waals surface area (Å²) in [6, 6.07) is 5.18. The van der Waals surface area contributed by atoms with E-state index in [9.17, 15) is 4.39 Å². The Bertz CT molecular complexity index is 333. The molecule has 0 aliphatic rings. The topological polar surface area (TPSA) is 35.2 Å². The number of halogens is 1. The molecule has 1 aromatic rings. The minimum Gasteiger partial charge on any atom is -0.494 e. The molecular formula is C12H18FNOS. The van der Waals surface area contributed by atoms with E-state index in [0.717, 1.165) is 12.2 Å². The van der Waals surface area contributed by atoms with Gasteiger partial charge in [0.2, 0.25) is 0 Å². The van der Waals surface area contributed by atoms with Crippen LogP contribution in [0.15, 0.2) is 18.2 Å². The molecule has 90 valence electrons. The van der Waals surface area contributed by atoms with Crippen LogP contribution in [0.1, 0.15) is 12.0 Å². The van der Waals surface area contributed by atoms with Crippen LogP contribution in [0.5, 0.6) is 5.75 Å². The number of thioether (sulfide) groups is 1. The Labute approximate surface area is 100 Å². The van der Waals surface area contributed by atoms with Gasteiger partial charge in [0.1, 0.15) is 0 Å². The molecule has 4 heteroatoms. The SMILES string of the molecule is COc1cccc(CC(N)CCSC)c1F. The molecule has 1 rings (SSSR count). The van der Waals surface area contributed by atoms with Gasteiger partial charge < -0.3 is 10.5 Å². The number of nitrogens with two attached hydrogens (primary N) is 1. The van der Waals surface area contributed by atoms with Gasteiger partial charge in [-0.2, -0.15) is 11.8 Å². The second-order valence-electron chi connectivity index (χ2n) is 3.68. The Morgan fingerprint density at radius 1 is 1.50 bits per heavy atom. The van der Waals surface area contributed by atoms with Gasteiger partial charge in [-0.05, 0) is 36.5 Å². The highest BCUT2D eigenvalue weighted by atomic mass is 32.2. The standard InChI is InChI=1S/C12H18FNOS/c1-15-11-5-3-4-9(12(11)13)8-10(14)6-7-16-2/h3-5,10H,6-8,14H2,1-2H3. The molecule has 0 spiro atoms. The predicted octanol–water partition coefficient (Wildman–Crippen LogP) is 2.46. The average molecular weight is 243 g/mol. The summed E-state index contributed by atoms with van der Waals surface area (Å²) in [6.07, 6.45) is 3.50. The maximum atomic E-state index is 13.8. The molecule has 0 heterocycles. The van der Waals surface area contributed by atoms with E-state index < -0.39 is 0 Å². The van der Waals surface area contributed by atoms with Crippen LogP contribution in [-0.4, -0.2) is 25.2 Å². The van der Waals surface area contributed by atoms with Crippen molar-refractivity contribution in [3.8, 4) is 5.75 Å². The third-order valence-electron chi connectivity index (χ3n) is 2.44. The molecule has 0 aliphatic carbocycles. The Morgan fingerprint density at radius 3 is 2.88 bits per heavy atom. The zero-order chi connectivity index (χ0) is 12.0. The van der Waals surface area contributed by atoms with Crippen molar-refractivity contribution in [3.05, 3.63) is 29.6 Å². The summed E-state index contributed by atoms with van der Waals surface area (Å²) in [7, 11) is 1.47. The van der Waals surface area contributed by atoms with Gasteiger partial charge in [-0.15, -0.1) is 0 Å². The smallest absolute Gasteiger partial charge is 0.168 e. The Balaban J connectivity index is 2.66. The Morgan fingerprint density at radius 2 is 2.25 bits per heavy atom. The first-order valence-corrected chi connectivity index (χ1v) is 6.64. The Hall–Kier alpha value is -0.740. The maximum absolute atomic E-state index is 13.8. The van der Waals surface area contributed by atoms with Gasteiger partial charge in [0.05, 0.1) is 7.11 Å². The van der Waals surface area contributed by atoms with Crippen molar-refractivity contribution in [2.24, 2.45) is 5.73 Å². The number of benzene rings is 1. The molecule has 0 amide bonds. The van der Waals surface area contributed by atoms with E-state index in [1.165, 1.54) is 7.11 Å². The number of methoxy groups -OCH3 is 1. The number of hydrogen-bond donors (Lipinski definition) is 1. The zero-order valence-electron chi connectivity index (χ0n) is 9.70. The van der Waals surface area contributed by atoms with Crippen LogP contribution in [0.2, 0.25) is 0 Å². The van der Waals surface area contributed by atoms with E-state index in [-0.39, 0.29) is 17.6 Å². The summed E-state index contributed by atoms with van der Waals surface area (Å²) in [5.41, 5.74) is 6.56. The van der Waals surface area contributed by atoms with E-state index in [1.54, 1.807) is 30.0 Å². The van der Waals surface area contributed by atoms with Crippen molar-refractivity contribution >= 4 is 11.8 Å². The average Bonchev–Trinajstić information content (AvgIpc) is 2.29. The lowest BCUT2D eigenvalue weighted by Gasteiger charge is -2.12. The highest BCUT2D eigenvalue weighted by Gasteiger charge is 2.11. The lowest BCUT2D eigenvalue weighted by molar-refractivity contribution is 0.383. The van der Waals surface area contributed by atoms with Crippen molar-refractivity contribution in [2.75, 3.05) is 19.1 Å². The van der Waals surface area contributed by atoms with Gasteiger partial charge in [-0.1, -0.05) is 12.1 Å².